The summed E-state index contributed by atoms with van der Waals surface area (Å²) in [5, 5.41) is 16.3. The maximum absolute atomic E-state index is 15.9. The first-order valence-electron chi connectivity index (χ1n) is 13.2. The normalized spacial score (nSPS) is 15.1. The second-order valence-corrected chi connectivity index (χ2v) is 9.66. The molecule has 0 radical (unpaired) electrons. The predicted octanol–water partition coefficient (Wildman–Crippen LogP) is 7.88. The largest absolute Gasteiger partial charge is 0.490 e. The molecule has 1 aliphatic rings. The minimum atomic E-state index is -1.01. The molecule has 1 saturated carbocycles. The summed E-state index contributed by atoms with van der Waals surface area (Å²) in [5.41, 5.74) is 5.49. The molecule has 2 N–H and O–H groups in total. The molecule has 1 fully saturated rings. The van der Waals surface area contributed by atoms with Crippen molar-refractivity contribution in [3.63, 3.8) is 0 Å². The van der Waals surface area contributed by atoms with Gasteiger partial charge in [0.15, 0.2) is 0 Å². The van der Waals surface area contributed by atoms with Crippen molar-refractivity contribution in [2.24, 2.45) is 0 Å². The van der Waals surface area contributed by atoms with Gasteiger partial charge in [-0.1, -0.05) is 49.7 Å². The van der Waals surface area contributed by atoms with Crippen LogP contribution in [0.1, 0.15) is 67.7 Å². The summed E-state index contributed by atoms with van der Waals surface area (Å²) in [6.45, 7) is 2.07. The van der Waals surface area contributed by atoms with Gasteiger partial charge in [-0.3, -0.25) is 5.10 Å². The van der Waals surface area contributed by atoms with Crippen LogP contribution in [-0.4, -0.2) is 27.4 Å². The van der Waals surface area contributed by atoms with Gasteiger partial charge in [0, 0.05) is 11.6 Å². The molecule has 1 heterocycles. The fourth-order valence-electron chi connectivity index (χ4n) is 5.25. The van der Waals surface area contributed by atoms with Crippen LogP contribution in [0.5, 0.6) is 5.75 Å². The molecule has 0 bridgehead atoms. The lowest BCUT2D eigenvalue weighted by atomic mass is 9.87. The third-order valence-corrected chi connectivity index (χ3v) is 7.14. The number of carboxylic acids is 1. The van der Waals surface area contributed by atoms with Crippen LogP contribution < -0.4 is 4.74 Å². The fraction of sp³-hybridized carbons (Fsp3) is 0.250. The first-order chi connectivity index (χ1) is 18.5. The van der Waals surface area contributed by atoms with Gasteiger partial charge in [0.2, 0.25) is 0 Å². The number of nitrogens with zero attached hydrogens (tertiary/aromatic N) is 1. The van der Waals surface area contributed by atoms with E-state index in [1.807, 2.05) is 48.5 Å². The Kier molecular flexibility index (Phi) is 7.68. The Hall–Kier alpha value is -4.19. The molecule has 4 aromatic rings. The quantitative estimate of drug-likeness (QED) is 0.187. The van der Waals surface area contributed by atoms with Gasteiger partial charge in [-0.05, 0) is 90.3 Å². The molecule has 5 nitrogen and oxygen atoms in total. The van der Waals surface area contributed by atoms with E-state index in [0.717, 1.165) is 52.5 Å². The third-order valence-electron chi connectivity index (χ3n) is 7.14. The minimum absolute atomic E-state index is 0.236. The Bertz CT molecular complexity index is 1490. The van der Waals surface area contributed by atoms with E-state index in [2.05, 4.69) is 23.2 Å². The molecule has 38 heavy (non-hydrogen) atoms. The third kappa shape index (κ3) is 5.54. The molecule has 1 aliphatic carbocycles. The van der Waals surface area contributed by atoms with Crippen molar-refractivity contribution in [2.75, 3.05) is 0 Å². The molecule has 3 aromatic carbocycles. The molecule has 0 aliphatic heterocycles. The summed E-state index contributed by atoms with van der Waals surface area (Å²) in [6, 6.07) is 19.3. The second-order valence-electron chi connectivity index (χ2n) is 9.66. The second kappa shape index (κ2) is 11.5. The average molecular weight is 511 g/mol. The van der Waals surface area contributed by atoms with E-state index in [4.69, 9.17) is 9.84 Å². The number of carbonyl (C=O) groups is 1. The van der Waals surface area contributed by atoms with Gasteiger partial charge in [-0.25, -0.2) is 9.18 Å². The zero-order valence-electron chi connectivity index (χ0n) is 21.4. The van der Waals surface area contributed by atoms with Crippen molar-refractivity contribution in [1.29, 1.82) is 0 Å². The van der Waals surface area contributed by atoms with Crippen molar-refractivity contribution in [3.05, 3.63) is 101 Å². The number of carboxylic acid groups (broad SMARTS) is 1. The van der Waals surface area contributed by atoms with E-state index in [1.165, 1.54) is 25.5 Å². The molecule has 0 saturated heterocycles. The van der Waals surface area contributed by atoms with Gasteiger partial charge in [0.1, 0.15) is 11.6 Å². The van der Waals surface area contributed by atoms with Crippen molar-refractivity contribution < 1.29 is 19.0 Å². The number of aromatic amines is 1. The Morgan fingerprint density at radius 1 is 1.08 bits per heavy atom. The predicted molar refractivity (Wildman–Crippen MR) is 149 cm³/mol. The van der Waals surface area contributed by atoms with E-state index in [0.29, 0.717) is 22.9 Å². The molecular weight excluding hydrogens is 479 g/mol. The van der Waals surface area contributed by atoms with Crippen molar-refractivity contribution >= 4 is 34.1 Å². The maximum atomic E-state index is 15.9. The van der Waals surface area contributed by atoms with Crippen LogP contribution in [0.4, 0.5) is 4.39 Å². The number of benzene rings is 3. The SMILES string of the molecule is CC/C(=C(/c1ccc(/C=C/C(=O)O)cc1)c1ccc2[nH]ncc2c1F)c1cccc(OC2CCCCC2)c1. The van der Waals surface area contributed by atoms with Gasteiger partial charge in [0.05, 0.1) is 23.2 Å². The van der Waals surface area contributed by atoms with Crippen LogP contribution in [0.15, 0.2) is 72.9 Å². The van der Waals surface area contributed by atoms with Crippen molar-refractivity contribution in [3.8, 4) is 5.75 Å². The lowest BCUT2D eigenvalue weighted by Crippen LogP contribution is -2.19. The highest BCUT2D eigenvalue weighted by Crippen LogP contribution is 2.38. The number of halogens is 1. The molecule has 0 atom stereocenters. The molecule has 194 valence electrons. The first kappa shape index (κ1) is 25.5. The highest BCUT2D eigenvalue weighted by atomic mass is 19.1. The highest BCUT2D eigenvalue weighted by Gasteiger charge is 2.20. The number of H-pyrrole nitrogens is 1. The van der Waals surface area contributed by atoms with E-state index < -0.39 is 5.97 Å². The number of hydrogen-bond donors (Lipinski definition) is 2. The Morgan fingerprint density at radius 3 is 2.61 bits per heavy atom. The van der Waals surface area contributed by atoms with E-state index in [1.54, 1.807) is 12.1 Å². The highest BCUT2D eigenvalue weighted by molar-refractivity contribution is 6.01. The molecule has 0 spiro atoms. The van der Waals surface area contributed by atoms with E-state index in [9.17, 15) is 4.79 Å². The zero-order valence-corrected chi connectivity index (χ0v) is 21.4. The Morgan fingerprint density at radius 2 is 1.87 bits per heavy atom. The number of hydrogen-bond acceptors (Lipinski definition) is 3. The number of fused-ring (bicyclic) bond motifs is 1. The minimum Gasteiger partial charge on any atom is -0.490 e. The Balaban J connectivity index is 1.63. The lowest BCUT2D eigenvalue weighted by Gasteiger charge is -2.23. The summed E-state index contributed by atoms with van der Waals surface area (Å²) in [7, 11) is 0. The average Bonchev–Trinajstić information content (AvgIpc) is 3.42. The lowest BCUT2D eigenvalue weighted by molar-refractivity contribution is -0.131. The van der Waals surface area contributed by atoms with Gasteiger partial charge in [-0.15, -0.1) is 0 Å². The molecule has 0 amide bonds. The summed E-state index contributed by atoms with van der Waals surface area (Å²) in [5.74, 6) is -0.505. The summed E-state index contributed by atoms with van der Waals surface area (Å²) >= 11 is 0. The van der Waals surface area contributed by atoms with Crippen LogP contribution in [0.2, 0.25) is 0 Å². The molecule has 1 aromatic heterocycles. The van der Waals surface area contributed by atoms with Crippen molar-refractivity contribution in [1.82, 2.24) is 10.2 Å². The summed E-state index contributed by atoms with van der Waals surface area (Å²) < 4.78 is 22.3. The van der Waals surface area contributed by atoms with Gasteiger partial charge < -0.3 is 9.84 Å². The number of aliphatic carboxylic acids is 1. The smallest absolute Gasteiger partial charge is 0.328 e. The molecule has 0 unspecified atom stereocenters. The first-order valence-corrected chi connectivity index (χ1v) is 13.2. The number of nitrogens with one attached hydrogen (secondary N) is 1. The molecular formula is C32H31FN2O3. The van der Waals surface area contributed by atoms with Crippen LogP contribution in [-0.2, 0) is 4.79 Å². The monoisotopic (exact) mass is 510 g/mol. The number of ether oxygens (including phenoxy) is 1. The number of rotatable bonds is 8. The zero-order chi connectivity index (χ0) is 26.5. The number of allylic oxidation sites excluding steroid dienone is 1. The van der Waals surface area contributed by atoms with Crippen LogP contribution in [0, 0.1) is 5.82 Å². The van der Waals surface area contributed by atoms with Crippen LogP contribution in [0.25, 0.3) is 28.1 Å². The Labute approximate surface area is 221 Å². The summed E-state index contributed by atoms with van der Waals surface area (Å²) in [4.78, 5) is 10.9. The van der Waals surface area contributed by atoms with Crippen LogP contribution >= 0.6 is 0 Å². The molecule has 5 rings (SSSR count). The van der Waals surface area contributed by atoms with Crippen LogP contribution in [0.3, 0.4) is 0 Å². The summed E-state index contributed by atoms with van der Waals surface area (Å²) in [6.07, 6.45) is 10.9. The van der Waals surface area contributed by atoms with Crippen molar-refractivity contribution in [2.45, 2.75) is 51.6 Å². The fourth-order valence-corrected chi connectivity index (χ4v) is 5.25. The number of aromatic nitrogens is 2. The maximum Gasteiger partial charge on any atom is 0.328 e. The van der Waals surface area contributed by atoms with Gasteiger partial charge in [0.25, 0.3) is 0 Å². The van der Waals surface area contributed by atoms with E-state index >= 15 is 4.39 Å². The standard InChI is InChI=1S/C32H31FN2O3/c1-2-26(23-7-6-10-25(19-23)38-24-8-4-3-5-9-24)31(22-14-11-21(12-15-22)13-18-30(36)37)27-16-17-29-28(32(27)33)20-34-35-29/h6-7,10-20,24H,2-5,8-9H2,1H3,(H,34,35)(H,36,37)/b18-13+,31-26+. The molecule has 6 heteroatoms. The topological polar surface area (TPSA) is 75.2 Å². The van der Waals surface area contributed by atoms with Gasteiger partial charge >= 0.3 is 5.97 Å². The van der Waals surface area contributed by atoms with Gasteiger partial charge in [-0.2, -0.15) is 5.10 Å². The van der Waals surface area contributed by atoms with E-state index in [-0.39, 0.29) is 11.9 Å².